The molecule has 0 atom stereocenters. The van der Waals surface area contributed by atoms with E-state index in [2.05, 4.69) is 0 Å². The van der Waals surface area contributed by atoms with Gasteiger partial charge in [-0.15, -0.1) is 11.8 Å². The highest BCUT2D eigenvalue weighted by Crippen LogP contribution is 2.34. The van der Waals surface area contributed by atoms with Gasteiger partial charge in [0.15, 0.2) is 12.4 Å². The summed E-state index contributed by atoms with van der Waals surface area (Å²) >= 11 is 1.71. The summed E-state index contributed by atoms with van der Waals surface area (Å²) in [6.45, 7) is 0.366. The highest BCUT2D eigenvalue weighted by atomic mass is 32.2. The van der Waals surface area contributed by atoms with Crippen LogP contribution in [-0.2, 0) is 4.79 Å². The van der Waals surface area contributed by atoms with Crippen molar-refractivity contribution in [3.63, 3.8) is 0 Å². The lowest BCUT2D eigenvalue weighted by molar-refractivity contribution is -0.385. The molecule has 0 unspecified atom stereocenters. The number of amides is 1. The Kier molecular flexibility index (Phi) is 4.47. The molecule has 1 amide bonds. The van der Waals surface area contributed by atoms with E-state index in [0.29, 0.717) is 6.54 Å². The van der Waals surface area contributed by atoms with E-state index in [0.717, 1.165) is 16.3 Å². The maximum absolute atomic E-state index is 12.4. The molecule has 2 aromatic rings. The predicted molar refractivity (Wildman–Crippen MR) is 88.1 cm³/mol. The van der Waals surface area contributed by atoms with Gasteiger partial charge in [0.1, 0.15) is 0 Å². The third-order valence-corrected chi connectivity index (χ3v) is 4.49. The van der Waals surface area contributed by atoms with Crippen molar-refractivity contribution in [1.29, 1.82) is 0 Å². The van der Waals surface area contributed by atoms with E-state index in [1.807, 2.05) is 24.3 Å². The molecule has 0 N–H and O–H groups in total. The van der Waals surface area contributed by atoms with Crippen LogP contribution >= 0.6 is 11.8 Å². The summed E-state index contributed by atoms with van der Waals surface area (Å²) in [6, 6.07) is 13.7. The van der Waals surface area contributed by atoms with Crippen molar-refractivity contribution in [1.82, 2.24) is 0 Å². The summed E-state index contributed by atoms with van der Waals surface area (Å²) in [7, 11) is 0. The zero-order valence-corrected chi connectivity index (χ0v) is 13.0. The number of ether oxygens (including phenoxy) is 1. The SMILES string of the molecule is O=C(COc1ccccc1[N+](=O)[O-])N1CCSc2ccccc21. The maximum Gasteiger partial charge on any atom is 0.310 e. The minimum atomic E-state index is -0.521. The van der Waals surface area contributed by atoms with Gasteiger partial charge in [0.05, 0.1) is 10.6 Å². The molecule has 1 heterocycles. The fourth-order valence-electron chi connectivity index (χ4n) is 2.38. The zero-order valence-electron chi connectivity index (χ0n) is 12.2. The van der Waals surface area contributed by atoms with Crippen LogP contribution in [-0.4, -0.2) is 29.7 Å². The number of rotatable bonds is 4. The Morgan fingerprint density at radius 1 is 1.22 bits per heavy atom. The van der Waals surface area contributed by atoms with Gasteiger partial charge in [0.2, 0.25) is 0 Å². The van der Waals surface area contributed by atoms with Gasteiger partial charge >= 0.3 is 5.69 Å². The van der Waals surface area contributed by atoms with Gasteiger partial charge in [-0.25, -0.2) is 0 Å². The van der Waals surface area contributed by atoms with Crippen molar-refractivity contribution in [2.24, 2.45) is 0 Å². The first-order valence-electron chi connectivity index (χ1n) is 7.05. The fraction of sp³-hybridized carbons (Fsp3) is 0.188. The van der Waals surface area contributed by atoms with Gasteiger partial charge in [-0.05, 0) is 18.2 Å². The van der Waals surface area contributed by atoms with Crippen LogP contribution in [0.5, 0.6) is 5.75 Å². The number of hydrogen-bond donors (Lipinski definition) is 0. The van der Waals surface area contributed by atoms with E-state index < -0.39 is 4.92 Å². The lowest BCUT2D eigenvalue weighted by Gasteiger charge is -2.28. The second-order valence-electron chi connectivity index (χ2n) is 4.88. The van der Waals surface area contributed by atoms with Crippen molar-refractivity contribution in [3.05, 3.63) is 58.6 Å². The number of anilines is 1. The van der Waals surface area contributed by atoms with E-state index in [1.165, 1.54) is 12.1 Å². The number of nitro groups is 1. The van der Waals surface area contributed by atoms with Crippen molar-refractivity contribution in [2.75, 3.05) is 23.8 Å². The maximum atomic E-state index is 12.4. The summed E-state index contributed by atoms with van der Waals surface area (Å²) in [6.07, 6.45) is 0. The third kappa shape index (κ3) is 3.29. The Bertz CT molecular complexity index is 750. The van der Waals surface area contributed by atoms with E-state index in [-0.39, 0.29) is 24.0 Å². The molecule has 7 heteroatoms. The minimum absolute atomic E-state index is 0.102. The van der Waals surface area contributed by atoms with Crippen LogP contribution in [0.3, 0.4) is 0 Å². The second kappa shape index (κ2) is 6.70. The molecule has 0 radical (unpaired) electrons. The van der Waals surface area contributed by atoms with Crippen LogP contribution in [0.4, 0.5) is 11.4 Å². The molecule has 1 aliphatic heterocycles. The summed E-state index contributed by atoms with van der Waals surface area (Å²) < 4.78 is 5.39. The number of carbonyl (C=O) groups excluding carboxylic acids is 1. The first-order valence-corrected chi connectivity index (χ1v) is 8.04. The first-order chi connectivity index (χ1) is 11.2. The van der Waals surface area contributed by atoms with E-state index in [9.17, 15) is 14.9 Å². The standard InChI is InChI=1S/C16H14N2O4S/c19-16(11-22-14-7-3-1-5-12(14)18(20)21)17-9-10-23-15-8-4-2-6-13(15)17/h1-8H,9-11H2. The van der Waals surface area contributed by atoms with Crippen LogP contribution in [0.15, 0.2) is 53.4 Å². The van der Waals surface area contributed by atoms with Gasteiger partial charge in [0, 0.05) is 23.3 Å². The Balaban J connectivity index is 1.73. The van der Waals surface area contributed by atoms with Crippen molar-refractivity contribution >= 4 is 29.0 Å². The number of hydrogen-bond acceptors (Lipinski definition) is 5. The van der Waals surface area contributed by atoms with Crippen LogP contribution in [0.1, 0.15) is 0 Å². The lowest BCUT2D eigenvalue weighted by atomic mass is 10.2. The van der Waals surface area contributed by atoms with Crippen molar-refractivity contribution < 1.29 is 14.5 Å². The van der Waals surface area contributed by atoms with Crippen LogP contribution in [0.25, 0.3) is 0 Å². The largest absolute Gasteiger partial charge is 0.477 e. The predicted octanol–water partition coefficient (Wildman–Crippen LogP) is 3.11. The number of thioether (sulfide) groups is 1. The monoisotopic (exact) mass is 330 g/mol. The highest BCUT2D eigenvalue weighted by Gasteiger charge is 2.24. The van der Waals surface area contributed by atoms with Crippen LogP contribution < -0.4 is 9.64 Å². The number of carbonyl (C=O) groups is 1. The number of fused-ring (bicyclic) bond motifs is 1. The number of nitro benzene ring substituents is 1. The van der Waals surface area contributed by atoms with E-state index in [4.69, 9.17) is 4.74 Å². The van der Waals surface area contributed by atoms with Gasteiger partial charge in [-0.1, -0.05) is 24.3 Å². The molecule has 0 saturated carbocycles. The Morgan fingerprint density at radius 2 is 1.96 bits per heavy atom. The molecule has 3 rings (SSSR count). The van der Waals surface area contributed by atoms with Crippen molar-refractivity contribution in [3.8, 4) is 5.75 Å². The Morgan fingerprint density at radius 3 is 2.78 bits per heavy atom. The Hall–Kier alpha value is -2.54. The molecule has 0 bridgehead atoms. The number of para-hydroxylation sites is 3. The summed E-state index contributed by atoms with van der Waals surface area (Å²) in [5.41, 5.74) is 0.717. The van der Waals surface area contributed by atoms with E-state index in [1.54, 1.807) is 28.8 Å². The van der Waals surface area contributed by atoms with Gasteiger partial charge < -0.3 is 9.64 Å². The molecule has 0 saturated heterocycles. The fourth-order valence-corrected chi connectivity index (χ4v) is 3.37. The topological polar surface area (TPSA) is 72.7 Å². The number of benzene rings is 2. The zero-order chi connectivity index (χ0) is 16.2. The highest BCUT2D eigenvalue weighted by molar-refractivity contribution is 7.99. The normalized spacial score (nSPS) is 13.3. The molecule has 0 fully saturated rings. The molecule has 2 aromatic carbocycles. The molecule has 1 aliphatic rings. The average Bonchev–Trinajstić information content (AvgIpc) is 2.59. The molecular weight excluding hydrogens is 316 g/mol. The van der Waals surface area contributed by atoms with Gasteiger partial charge in [-0.2, -0.15) is 0 Å². The minimum Gasteiger partial charge on any atom is -0.477 e. The lowest BCUT2D eigenvalue weighted by Crippen LogP contribution is -2.38. The summed E-state index contributed by atoms with van der Waals surface area (Å²) in [5.74, 6) is 0.704. The molecule has 0 aromatic heterocycles. The third-order valence-electron chi connectivity index (χ3n) is 3.44. The quantitative estimate of drug-likeness (QED) is 0.636. The first kappa shape index (κ1) is 15.4. The smallest absolute Gasteiger partial charge is 0.310 e. The molecule has 0 aliphatic carbocycles. The molecule has 6 nitrogen and oxygen atoms in total. The second-order valence-corrected chi connectivity index (χ2v) is 6.01. The van der Waals surface area contributed by atoms with Gasteiger partial charge in [-0.3, -0.25) is 14.9 Å². The molecular formula is C16H14N2O4S. The molecule has 23 heavy (non-hydrogen) atoms. The molecule has 118 valence electrons. The Labute approximate surface area is 137 Å². The van der Waals surface area contributed by atoms with E-state index >= 15 is 0 Å². The van der Waals surface area contributed by atoms with Crippen molar-refractivity contribution in [2.45, 2.75) is 4.90 Å². The van der Waals surface area contributed by atoms with Crippen LogP contribution in [0.2, 0.25) is 0 Å². The summed E-state index contributed by atoms with van der Waals surface area (Å²) in [5, 5.41) is 11.0. The average molecular weight is 330 g/mol. The van der Waals surface area contributed by atoms with Gasteiger partial charge in [0.25, 0.3) is 5.91 Å². The number of nitrogens with zero attached hydrogens (tertiary/aromatic N) is 2. The van der Waals surface area contributed by atoms with Crippen LogP contribution in [0, 0.1) is 10.1 Å². The summed E-state index contributed by atoms with van der Waals surface area (Å²) in [4.78, 5) is 25.6. The molecule has 0 spiro atoms.